The van der Waals surface area contributed by atoms with Crippen molar-refractivity contribution >= 4 is 17.2 Å². The van der Waals surface area contributed by atoms with Gasteiger partial charge in [-0.05, 0) is 17.0 Å². The molecule has 0 fully saturated rings. The minimum atomic E-state index is -0.0428. The van der Waals surface area contributed by atoms with Crippen LogP contribution < -0.4 is 5.32 Å². The zero-order valence-electron chi connectivity index (χ0n) is 9.35. The van der Waals surface area contributed by atoms with Gasteiger partial charge in [0.15, 0.2) is 0 Å². The molecule has 86 valence electrons. The van der Waals surface area contributed by atoms with Crippen molar-refractivity contribution in [3.63, 3.8) is 0 Å². The van der Waals surface area contributed by atoms with Gasteiger partial charge in [-0.1, -0.05) is 36.4 Å². The Morgan fingerprint density at radius 3 is 2.76 bits per heavy atom. The molecule has 0 saturated carbocycles. The smallest absolute Gasteiger partial charge is 0.262 e. The monoisotopic (exact) mass is 243 g/mol. The van der Waals surface area contributed by atoms with Crippen LogP contribution in [0.5, 0.6) is 0 Å². The van der Waals surface area contributed by atoms with Gasteiger partial charge in [0.1, 0.15) is 0 Å². The highest BCUT2D eigenvalue weighted by molar-refractivity contribution is 7.12. The average Bonchev–Trinajstić information content (AvgIpc) is 2.86. The summed E-state index contributed by atoms with van der Waals surface area (Å²) in [5.41, 5.74) is 2.05. The lowest BCUT2D eigenvalue weighted by Gasteiger charge is -2.04. The first-order valence-corrected chi connectivity index (χ1v) is 6.23. The van der Waals surface area contributed by atoms with E-state index in [2.05, 4.69) is 11.9 Å². The Labute approximate surface area is 105 Å². The lowest BCUT2D eigenvalue weighted by Crippen LogP contribution is -2.22. The van der Waals surface area contributed by atoms with Crippen LogP contribution >= 0.6 is 11.3 Å². The summed E-state index contributed by atoms with van der Waals surface area (Å²) in [6, 6.07) is 11.9. The quantitative estimate of drug-likeness (QED) is 0.820. The second kappa shape index (κ2) is 5.46. The summed E-state index contributed by atoms with van der Waals surface area (Å²) in [5, 5.41) is 4.73. The van der Waals surface area contributed by atoms with E-state index in [-0.39, 0.29) is 5.91 Å². The van der Waals surface area contributed by atoms with E-state index in [1.54, 1.807) is 6.08 Å². The van der Waals surface area contributed by atoms with E-state index in [1.807, 2.05) is 41.8 Å². The Bertz CT molecular complexity index is 516. The summed E-state index contributed by atoms with van der Waals surface area (Å²) in [6.45, 7) is 4.07. The van der Waals surface area contributed by atoms with Crippen LogP contribution in [0.2, 0.25) is 0 Å². The lowest BCUT2D eigenvalue weighted by molar-refractivity contribution is 0.0962. The highest BCUT2D eigenvalue weighted by atomic mass is 32.1. The second-order valence-corrected chi connectivity index (χ2v) is 4.44. The third-order valence-corrected chi connectivity index (χ3v) is 3.28. The molecule has 0 unspecified atom stereocenters. The minimum Gasteiger partial charge on any atom is -0.348 e. The molecular formula is C14H13NOS. The van der Waals surface area contributed by atoms with Crippen molar-refractivity contribution in [3.8, 4) is 11.1 Å². The van der Waals surface area contributed by atoms with E-state index in [0.717, 1.165) is 16.0 Å². The van der Waals surface area contributed by atoms with Crippen molar-refractivity contribution < 1.29 is 4.79 Å². The summed E-state index contributed by atoms with van der Waals surface area (Å²) in [5.74, 6) is -0.0428. The molecule has 17 heavy (non-hydrogen) atoms. The summed E-state index contributed by atoms with van der Waals surface area (Å²) in [7, 11) is 0. The number of carbonyl (C=O) groups is 1. The number of amides is 1. The number of benzene rings is 1. The van der Waals surface area contributed by atoms with Crippen molar-refractivity contribution in [1.82, 2.24) is 5.32 Å². The number of carbonyl (C=O) groups excluding carboxylic acids is 1. The largest absolute Gasteiger partial charge is 0.348 e. The molecule has 1 amide bonds. The number of hydrogen-bond donors (Lipinski definition) is 1. The van der Waals surface area contributed by atoms with Crippen LogP contribution in [0.4, 0.5) is 0 Å². The maximum Gasteiger partial charge on any atom is 0.262 e. The molecule has 2 nitrogen and oxygen atoms in total. The van der Waals surface area contributed by atoms with Crippen LogP contribution in [0.1, 0.15) is 9.67 Å². The van der Waals surface area contributed by atoms with E-state index in [1.165, 1.54) is 11.3 Å². The van der Waals surface area contributed by atoms with Gasteiger partial charge in [-0.15, -0.1) is 17.9 Å². The molecule has 1 N–H and O–H groups in total. The van der Waals surface area contributed by atoms with Crippen LogP contribution in [0.25, 0.3) is 11.1 Å². The van der Waals surface area contributed by atoms with Gasteiger partial charge in [-0.2, -0.15) is 0 Å². The van der Waals surface area contributed by atoms with Gasteiger partial charge < -0.3 is 5.32 Å². The summed E-state index contributed by atoms with van der Waals surface area (Å²) >= 11 is 1.46. The van der Waals surface area contributed by atoms with Gasteiger partial charge in [0.05, 0.1) is 4.88 Å². The van der Waals surface area contributed by atoms with Gasteiger partial charge in [0.25, 0.3) is 5.91 Å². The fourth-order valence-corrected chi connectivity index (χ4v) is 2.41. The normalized spacial score (nSPS) is 9.88. The van der Waals surface area contributed by atoms with Crippen LogP contribution in [0, 0.1) is 0 Å². The van der Waals surface area contributed by atoms with Crippen molar-refractivity contribution in [3.05, 3.63) is 59.3 Å². The molecule has 2 aromatic rings. The first kappa shape index (κ1) is 11.6. The van der Waals surface area contributed by atoms with E-state index >= 15 is 0 Å². The summed E-state index contributed by atoms with van der Waals surface area (Å²) in [4.78, 5) is 12.7. The molecule has 0 bridgehead atoms. The molecule has 0 radical (unpaired) electrons. The fraction of sp³-hybridized carbons (Fsp3) is 0.0714. The molecule has 2 rings (SSSR count). The molecule has 0 aliphatic carbocycles. The number of thiophene rings is 1. The number of hydrogen-bond acceptors (Lipinski definition) is 2. The maximum atomic E-state index is 11.9. The summed E-state index contributed by atoms with van der Waals surface area (Å²) < 4.78 is 0. The molecule has 1 heterocycles. The molecule has 0 atom stereocenters. The molecular weight excluding hydrogens is 230 g/mol. The number of nitrogens with one attached hydrogen (secondary N) is 1. The van der Waals surface area contributed by atoms with Crippen molar-refractivity contribution in [2.45, 2.75) is 0 Å². The van der Waals surface area contributed by atoms with Crippen molar-refractivity contribution in [2.24, 2.45) is 0 Å². The zero-order chi connectivity index (χ0) is 12.1. The molecule has 0 aliphatic rings. The molecule has 0 aliphatic heterocycles. The third kappa shape index (κ3) is 2.63. The van der Waals surface area contributed by atoms with Crippen molar-refractivity contribution in [2.75, 3.05) is 6.54 Å². The van der Waals surface area contributed by atoms with E-state index in [4.69, 9.17) is 0 Å². The Balaban J connectivity index is 2.29. The van der Waals surface area contributed by atoms with Crippen LogP contribution in [-0.2, 0) is 0 Å². The predicted molar refractivity (Wildman–Crippen MR) is 72.3 cm³/mol. The third-order valence-electron chi connectivity index (χ3n) is 2.36. The average molecular weight is 243 g/mol. The van der Waals surface area contributed by atoms with Gasteiger partial charge in [0, 0.05) is 12.1 Å². The SMILES string of the molecule is C=CCNC(=O)c1sccc1-c1ccccc1. The van der Waals surface area contributed by atoms with Gasteiger partial charge >= 0.3 is 0 Å². The fourth-order valence-electron chi connectivity index (χ4n) is 1.58. The topological polar surface area (TPSA) is 29.1 Å². The maximum absolute atomic E-state index is 11.9. The highest BCUT2D eigenvalue weighted by Crippen LogP contribution is 2.27. The Hall–Kier alpha value is -1.87. The molecule has 1 aromatic heterocycles. The first-order chi connectivity index (χ1) is 8.33. The Kier molecular flexibility index (Phi) is 3.73. The predicted octanol–water partition coefficient (Wildman–Crippen LogP) is 3.33. The second-order valence-electron chi connectivity index (χ2n) is 3.53. The van der Waals surface area contributed by atoms with Crippen LogP contribution in [0.3, 0.4) is 0 Å². The molecule has 0 saturated heterocycles. The van der Waals surface area contributed by atoms with Crippen molar-refractivity contribution in [1.29, 1.82) is 0 Å². The van der Waals surface area contributed by atoms with Gasteiger partial charge in [-0.25, -0.2) is 0 Å². The zero-order valence-corrected chi connectivity index (χ0v) is 10.2. The molecule has 3 heteroatoms. The number of rotatable bonds is 4. The van der Waals surface area contributed by atoms with Crippen LogP contribution in [-0.4, -0.2) is 12.5 Å². The van der Waals surface area contributed by atoms with E-state index < -0.39 is 0 Å². The standard InChI is InChI=1S/C14H13NOS/c1-2-9-15-14(16)13-12(8-10-17-13)11-6-4-3-5-7-11/h2-8,10H,1,9H2,(H,15,16). The first-order valence-electron chi connectivity index (χ1n) is 5.35. The molecule has 0 spiro atoms. The Morgan fingerprint density at radius 1 is 1.29 bits per heavy atom. The van der Waals surface area contributed by atoms with E-state index in [0.29, 0.717) is 6.54 Å². The molecule has 1 aromatic carbocycles. The van der Waals surface area contributed by atoms with E-state index in [9.17, 15) is 4.79 Å². The summed E-state index contributed by atoms with van der Waals surface area (Å²) in [6.07, 6.45) is 1.67. The highest BCUT2D eigenvalue weighted by Gasteiger charge is 2.13. The van der Waals surface area contributed by atoms with Crippen LogP contribution in [0.15, 0.2) is 54.4 Å². The Morgan fingerprint density at radius 2 is 2.06 bits per heavy atom. The minimum absolute atomic E-state index is 0.0428. The van der Waals surface area contributed by atoms with Gasteiger partial charge in [-0.3, -0.25) is 4.79 Å². The van der Waals surface area contributed by atoms with Gasteiger partial charge in [0.2, 0.25) is 0 Å². The lowest BCUT2D eigenvalue weighted by atomic mass is 10.1.